The molecular formula is C45H86NO8P. The fourth-order valence-corrected chi connectivity index (χ4v) is 6.88. The number of hydrogen-bond acceptors (Lipinski definition) is 8. The highest BCUT2D eigenvalue weighted by Gasteiger charge is 2.21. The maximum atomic E-state index is 12.7. The summed E-state index contributed by atoms with van der Waals surface area (Å²) >= 11 is 0. The minimum Gasteiger partial charge on any atom is -0.756 e. The van der Waals surface area contributed by atoms with Gasteiger partial charge in [-0.05, 0) is 44.9 Å². The normalized spacial score (nSPS) is 13.8. The minimum atomic E-state index is -4.62. The molecule has 0 aliphatic rings. The lowest BCUT2D eigenvalue weighted by Gasteiger charge is -2.28. The van der Waals surface area contributed by atoms with E-state index >= 15 is 0 Å². The Hall–Kier alpha value is -1.51. The van der Waals surface area contributed by atoms with E-state index in [0.29, 0.717) is 17.4 Å². The van der Waals surface area contributed by atoms with Crippen molar-refractivity contribution >= 4 is 19.8 Å². The van der Waals surface area contributed by atoms with E-state index in [9.17, 15) is 19.0 Å². The molecule has 55 heavy (non-hydrogen) atoms. The fourth-order valence-electron chi connectivity index (χ4n) is 6.16. The van der Waals surface area contributed by atoms with E-state index in [1.807, 2.05) is 21.1 Å². The van der Waals surface area contributed by atoms with Gasteiger partial charge in [-0.1, -0.05) is 167 Å². The Kier molecular flexibility index (Phi) is 37.0. The molecule has 2 atom stereocenters. The number of likely N-dealkylation sites (N-methyl/N-ethyl adjacent to an activating group) is 1. The van der Waals surface area contributed by atoms with Crippen LogP contribution in [0, 0.1) is 0 Å². The van der Waals surface area contributed by atoms with Crippen molar-refractivity contribution in [1.29, 1.82) is 0 Å². The molecule has 0 aromatic heterocycles. The molecule has 0 aromatic rings. The fraction of sp³-hybridized carbons (Fsp3) is 0.867. The molecule has 0 rings (SSSR count). The molecule has 0 saturated carbocycles. The minimum absolute atomic E-state index is 0.0298. The lowest BCUT2D eigenvalue weighted by Crippen LogP contribution is -2.37. The van der Waals surface area contributed by atoms with Gasteiger partial charge in [-0.2, -0.15) is 0 Å². The van der Waals surface area contributed by atoms with Crippen LogP contribution in [-0.4, -0.2) is 70.0 Å². The zero-order valence-electron chi connectivity index (χ0n) is 36.4. The van der Waals surface area contributed by atoms with Gasteiger partial charge in [-0.25, -0.2) is 0 Å². The Balaban J connectivity index is 4.31. The van der Waals surface area contributed by atoms with Crippen LogP contribution in [0.4, 0.5) is 0 Å². The highest BCUT2D eigenvalue weighted by molar-refractivity contribution is 7.45. The summed E-state index contributed by atoms with van der Waals surface area (Å²) in [5.41, 5.74) is 0. The Bertz CT molecular complexity index is 996. The molecule has 0 N–H and O–H groups in total. The number of hydrogen-bond donors (Lipinski definition) is 0. The number of phosphoric acid groups is 1. The summed E-state index contributed by atoms with van der Waals surface area (Å²) in [6.45, 7) is 4.21. The van der Waals surface area contributed by atoms with Gasteiger partial charge in [0.25, 0.3) is 7.82 Å². The molecule has 0 radical (unpaired) electrons. The number of allylic oxidation sites excluding steroid dienone is 4. The summed E-state index contributed by atoms with van der Waals surface area (Å²) in [6, 6.07) is 0. The average molecular weight is 800 g/mol. The molecule has 0 saturated heterocycles. The molecule has 0 aromatic carbocycles. The van der Waals surface area contributed by atoms with Gasteiger partial charge in [0.15, 0.2) is 6.10 Å². The number of phosphoric ester groups is 1. The van der Waals surface area contributed by atoms with Crippen molar-refractivity contribution in [3.63, 3.8) is 0 Å². The topological polar surface area (TPSA) is 111 Å². The molecule has 10 heteroatoms. The predicted octanol–water partition coefficient (Wildman–Crippen LogP) is 12.1. The van der Waals surface area contributed by atoms with Crippen LogP contribution in [-0.2, 0) is 32.7 Å². The molecule has 0 bridgehead atoms. The van der Waals surface area contributed by atoms with Crippen LogP contribution in [0.15, 0.2) is 24.3 Å². The van der Waals surface area contributed by atoms with E-state index in [1.54, 1.807) is 0 Å². The SMILES string of the molecule is CCCCC/C=C/C/C=C/CCCCCCCCCCCC(=O)O[C@H](COC(=O)CCCCCCCCCCCCCC)COP(=O)([O-])OCC[N+](C)(C)C. The summed E-state index contributed by atoms with van der Waals surface area (Å²) in [4.78, 5) is 37.5. The van der Waals surface area contributed by atoms with Crippen molar-refractivity contribution in [3.05, 3.63) is 24.3 Å². The Labute approximate surface area is 339 Å². The lowest BCUT2D eigenvalue weighted by molar-refractivity contribution is -0.870. The Morgan fingerprint density at radius 3 is 1.47 bits per heavy atom. The lowest BCUT2D eigenvalue weighted by atomic mass is 10.0. The van der Waals surface area contributed by atoms with Crippen molar-refractivity contribution in [2.75, 3.05) is 47.5 Å². The maximum absolute atomic E-state index is 12.7. The Morgan fingerprint density at radius 1 is 0.564 bits per heavy atom. The van der Waals surface area contributed by atoms with Gasteiger partial charge in [0.1, 0.15) is 19.8 Å². The first-order chi connectivity index (χ1) is 26.5. The number of rotatable bonds is 41. The summed E-state index contributed by atoms with van der Waals surface area (Å²) < 4.78 is 33.9. The highest BCUT2D eigenvalue weighted by atomic mass is 31.2. The number of carbonyl (C=O) groups excluding carboxylic acids is 2. The highest BCUT2D eigenvalue weighted by Crippen LogP contribution is 2.38. The van der Waals surface area contributed by atoms with Crippen molar-refractivity contribution in [3.8, 4) is 0 Å². The second-order valence-electron chi connectivity index (χ2n) is 16.4. The van der Waals surface area contributed by atoms with Crippen LogP contribution in [0.1, 0.15) is 200 Å². The molecule has 0 amide bonds. The molecule has 9 nitrogen and oxygen atoms in total. The van der Waals surface area contributed by atoms with E-state index in [4.69, 9.17) is 18.5 Å². The van der Waals surface area contributed by atoms with Crippen LogP contribution in [0.25, 0.3) is 0 Å². The van der Waals surface area contributed by atoms with E-state index < -0.39 is 26.5 Å². The number of unbranched alkanes of at least 4 members (excludes halogenated alkanes) is 23. The smallest absolute Gasteiger partial charge is 0.306 e. The molecule has 0 fully saturated rings. The summed E-state index contributed by atoms with van der Waals surface area (Å²) in [5.74, 6) is -0.833. The van der Waals surface area contributed by atoms with Crippen LogP contribution in [0.2, 0.25) is 0 Å². The van der Waals surface area contributed by atoms with E-state index in [2.05, 4.69) is 38.2 Å². The van der Waals surface area contributed by atoms with Crippen molar-refractivity contribution < 1.29 is 42.1 Å². The number of carbonyl (C=O) groups is 2. The molecule has 1 unspecified atom stereocenters. The molecule has 0 aliphatic heterocycles. The quantitative estimate of drug-likeness (QED) is 0.0198. The van der Waals surface area contributed by atoms with Gasteiger partial charge in [0.05, 0.1) is 27.7 Å². The second kappa shape index (κ2) is 38.0. The third kappa shape index (κ3) is 41.9. The molecule has 324 valence electrons. The number of ether oxygens (including phenoxy) is 2. The van der Waals surface area contributed by atoms with E-state index in [-0.39, 0.29) is 32.0 Å². The molecule has 0 spiro atoms. The van der Waals surface area contributed by atoms with Gasteiger partial charge in [-0.15, -0.1) is 0 Å². The van der Waals surface area contributed by atoms with Crippen LogP contribution in [0.3, 0.4) is 0 Å². The van der Waals surface area contributed by atoms with Gasteiger partial charge in [-0.3, -0.25) is 14.2 Å². The molecular weight excluding hydrogens is 713 g/mol. The van der Waals surface area contributed by atoms with Crippen molar-refractivity contribution in [2.24, 2.45) is 0 Å². The predicted molar refractivity (Wildman–Crippen MR) is 227 cm³/mol. The van der Waals surface area contributed by atoms with Gasteiger partial charge >= 0.3 is 11.9 Å². The van der Waals surface area contributed by atoms with Crippen molar-refractivity contribution in [2.45, 2.75) is 206 Å². The first-order valence-corrected chi connectivity index (χ1v) is 24.0. The summed E-state index contributed by atoms with van der Waals surface area (Å²) in [7, 11) is 1.17. The summed E-state index contributed by atoms with van der Waals surface area (Å²) in [5, 5.41) is 0. The third-order valence-corrected chi connectivity index (χ3v) is 10.7. The van der Waals surface area contributed by atoms with Crippen LogP contribution >= 0.6 is 7.82 Å². The standard InChI is InChI=1S/C45H86NO8P/c1-6-8-10-12-14-16-18-20-21-22-23-24-25-26-28-30-32-34-36-38-45(48)54-43(42-53-55(49,50)52-40-39-46(3,4)5)41-51-44(47)37-35-33-31-29-27-19-17-15-13-11-9-7-2/h14,16,20-21,43H,6-13,15,17-19,22-42H2,1-5H3/b16-14+,21-20+/t43-/m1/s1. The number of esters is 2. The third-order valence-electron chi connectivity index (χ3n) is 9.72. The monoisotopic (exact) mass is 800 g/mol. The van der Waals surface area contributed by atoms with Crippen LogP contribution in [0.5, 0.6) is 0 Å². The van der Waals surface area contributed by atoms with E-state index in [0.717, 1.165) is 51.4 Å². The van der Waals surface area contributed by atoms with Gasteiger partial charge < -0.3 is 27.9 Å². The number of nitrogens with zero attached hydrogens (tertiary/aromatic N) is 1. The maximum Gasteiger partial charge on any atom is 0.306 e. The average Bonchev–Trinajstić information content (AvgIpc) is 3.13. The van der Waals surface area contributed by atoms with E-state index in [1.165, 1.54) is 116 Å². The Morgan fingerprint density at radius 2 is 0.982 bits per heavy atom. The van der Waals surface area contributed by atoms with Crippen LogP contribution < -0.4 is 4.89 Å². The molecule has 0 aliphatic carbocycles. The first-order valence-electron chi connectivity index (χ1n) is 22.5. The zero-order chi connectivity index (χ0) is 40.7. The summed E-state index contributed by atoms with van der Waals surface area (Å²) in [6.07, 6.45) is 40.5. The number of quaternary nitrogens is 1. The zero-order valence-corrected chi connectivity index (χ0v) is 37.3. The van der Waals surface area contributed by atoms with Crippen molar-refractivity contribution in [1.82, 2.24) is 0 Å². The van der Waals surface area contributed by atoms with Gasteiger partial charge in [0.2, 0.25) is 0 Å². The second-order valence-corrected chi connectivity index (χ2v) is 17.8. The largest absolute Gasteiger partial charge is 0.756 e. The van der Waals surface area contributed by atoms with Gasteiger partial charge in [0, 0.05) is 12.8 Å². The molecule has 0 heterocycles. The first kappa shape index (κ1) is 53.5.